The number of likely N-dealkylation sites (tertiary alicyclic amines) is 1. The minimum absolute atomic E-state index is 0.931. The molecule has 0 amide bonds. The van der Waals surface area contributed by atoms with Gasteiger partial charge in [-0.1, -0.05) is 0 Å². The van der Waals surface area contributed by atoms with Gasteiger partial charge >= 0.3 is 0 Å². The van der Waals surface area contributed by atoms with Crippen molar-refractivity contribution in [2.75, 3.05) is 73.0 Å². The molecule has 2 rings (SSSR count). The number of likely N-dealkylation sites (N-methyl/N-ethyl adjacent to an activating group) is 1. The lowest BCUT2D eigenvalue weighted by molar-refractivity contribution is 0.172. The first-order chi connectivity index (χ1) is 9.24. The third kappa shape index (κ3) is 5.78. The van der Waals surface area contributed by atoms with Crippen molar-refractivity contribution >= 4 is 0 Å². The van der Waals surface area contributed by atoms with Crippen molar-refractivity contribution in [3.05, 3.63) is 0 Å². The third-order valence-corrected chi connectivity index (χ3v) is 4.65. The maximum atomic E-state index is 3.41. The van der Waals surface area contributed by atoms with E-state index in [4.69, 9.17) is 0 Å². The Balaban J connectivity index is 1.54. The molecular formula is C15H32N4. The highest BCUT2D eigenvalue weighted by atomic mass is 15.2. The molecule has 2 fully saturated rings. The second kappa shape index (κ2) is 8.20. The minimum atomic E-state index is 0.931. The van der Waals surface area contributed by atoms with Gasteiger partial charge in [-0.3, -0.25) is 4.90 Å². The number of piperidine rings is 1. The van der Waals surface area contributed by atoms with E-state index in [-0.39, 0.29) is 0 Å². The van der Waals surface area contributed by atoms with E-state index in [0.29, 0.717) is 0 Å². The molecule has 0 radical (unpaired) electrons. The lowest BCUT2D eigenvalue weighted by atomic mass is 9.95. The summed E-state index contributed by atoms with van der Waals surface area (Å²) in [5.74, 6) is 0.931. The lowest BCUT2D eigenvalue weighted by Gasteiger charge is -2.32. The van der Waals surface area contributed by atoms with Gasteiger partial charge < -0.3 is 15.1 Å². The Hall–Kier alpha value is -0.160. The number of piperazine rings is 1. The molecule has 2 heterocycles. The summed E-state index contributed by atoms with van der Waals surface area (Å²) in [6.07, 6.45) is 4.21. The molecule has 4 heteroatoms. The summed E-state index contributed by atoms with van der Waals surface area (Å²) in [5, 5.41) is 3.41. The highest BCUT2D eigenvalue weighted by Crippen LogP contribution is 2.18. The summed E-state index contributed by atoms with van der Waals surface area (Å²) < 4.78 is 0. The maximum absolute atomic E-state index is 3.41. The van der Waals surface area contributed by atoms with E-state index in [9.17, 15) is 0 Å². The first kappa shape index (κ1) is 15.2. The van der Waals surface area contributed by atoms with Crippen LogP contribution in [0.5, 0.6) is 0 Å². The molecule has 19 heavy (non-hydrogen) atoms. The standard InChI is InChI=1S/C15H32N4/c1-17(12-13-19-10-6-16-7-11-19)9-5-15-4-3-8-18(2)14-15/h15-16H,3-14H2,1-2H3. The molecule has 1 atom stereocenters. The molecule has 112 valence electrons. The van der Waals surface area contributed by atoms with Crippen LogP contribution in [0, 0.1) is 5.92 Å². The molecule has 0 bridgehead atoms. The summed E-state index contributed by atoms with van der Waals surface area (Å²) >= 11 is 0. The molecule has 0 aromatic heterocycles. The first-order valence-corrected chi connectivity index (χ1v) is 8.04. The van der Waals surface area contributed by atoms with Gasteiger partial charge in [0.25, 0.3) is 0 Å². The fraction of sp³-hybridized carbons (Fsp3) is 1.00. The van der Waals surface area contributed by atoms with Gasteiger partial charge in [0.05, 0.1) is 0 Å². The molecule has 0 aromatic carbocycles. The van der Waals surface area contributed by atoms with E-state index in [2.05, 4.69) is 34.1 Å². The van der Waals surface area contributed by atoms with Crippen LogP contribution < -0.4 is 5.32 Å². The average molecular weight is 268 g/mol. The Kier molecular flexibility index (Phi) is 6.57. The number of nitrogens with one attached hydrogen (secondary N) is 1. The molecule has 2 saturated heterocycles. The fourth-order valence-corrected chi connectivity index (χ4v) is 3.27. The van der Waals surface area contributed by atoms with Gasteiger partial charge in [-0.05, 0) is 52.4 Å². The Morgan fingerprint density at radius 3 is 2.68 bits per heavy atom. The first-order valence-electron chi connectivity index (χ1n) is 8.04. The second-order valence-electron chi connectivity index (χ2n) is 6.45. The zero-order chi connectivity index (χ0) is 13.5. The Bertz CT molecular complexity index is 240. The van der Waals surface area contributed by atoms with Crippen LogP contribution in [0.25, 0.3) is 0 Å². The zero-order valence-electron chi connectivity index (χ0n) is 12.9. The van der Waals surface area contributed by atoms with Gasteiger partial charge in [-0.25, -0.2) is 0 Å². The van der Waals surface area contributed by atoms with Crippen LogP contribution >= 0.6 is 0 Å². The molecule has 1 unspecified atom stereocenters. The molecular weight excluding hydrogens is 236 g/mol. The van der Waals surface area contributed by atoms with Crippen LogP contribution in [0.1, 0.15) is 19.3 Å². The monoisotopic (exact) mass is 268 g/mol. The van der Waals surface area contributed by atoms with Crippen LogP contribution in [0.15, 0.2) is 0 Å². The van der Waals surface area contributed by atoms with Gasteiger partial charge in [-0.15, -0.1) is 0 Å². The lowest BCUT2D eigenvalue weighted by Crippen LogP contribution is -2.46. The predicted octanol–water partition coefficient (Wildman–Crippen LogP) is 0.555. The molecule has 2 aliphatic heterocycles. The topological polar surface area (TPSA) is 21.8 Å². The SMILES string of the molecule is CN(CCC1CCCN(C)C1)CCN1CCNCC1. The highest BCUT2D eigenvalue weighted by Gasteiger charge is 2.17. The smallest absolute Gasteiger partial charge is 0.0110 e. The molecule has 4 nitrogen and oxygen atoms in total. The quantitative estimate of drug-likeness (QED) is 0.760. The average Bonchev–Trinajstić information content (AvgIpc) is 2.44. The van der Waals surface area contributed by atoms with Crippen LogP contribution in [0.4, 0.5) is 0 Å². The van der Waals surface area contributed by atoms with Gasteiger partial charge in [-0.2, -0.15) is 0 Å². The van der Waals surface area contributed by atoms with Crippen molar-refractivity contribution in [3.8, 4) is 0 Å². The molecule has 0 spiro atoms. The van der Waals surface area contributed by atoms with E-state index in [0.717, 1.165) is 19.0 Å². The van der Waals surface area contributed by atoms with Crippen LogP contribution in [-0.4, -0.2) is 87.7 Å². The Morgan fingerprint density at radius 1 is 1.16 bits per heavy atom. The minimum Gasteiger partial charge on any atom is -0.314 e. The molecule has 2 aliphatic rings. The van der Waals surface area contributed by atoms with E-state index < -0.39 is 0 Å². The van der Waals surface area contributed by atoms with E-state index in [1.807, 2.05) is 0 Å². The maximum Gasteiger partial charge on any atom is 0.0110 e. The molecule has 0 saturated carbocycles. The van der Waals surface area contributed by atoms with E-state index in [1.54, 1.807) is 0 Å². The van der Waals surface area contributed by atoms with Crippen LogP contribution in [0.3, 0.4) is 0 Å². The number of hydrogen-bond acceptors (Lipinski definition) is 4. The van der Waals surface area contributed by atoms with E-state index >= 15 is 0 Å². The van der Waals surface area contributed by atoms with Crippen molar-refractivity contribution in [1.29, 1.82) is 0 Å². The van der Waals surface area contributed by atoms with Crippen molar-refractivity contribution in [2.24, 2.45) is 5.92 Å². The van der Waals surface area contributed by atoms with Crippen molar-refractivity contribution in [2.45, 2.75) is 19.3 Å². The number of nitrogens with zero attached hydrogens (tertiary/aromatic N) is 3. The molecule has 1 N–H and O–H groups in total. The van der Waals surface area contributed by atoms with Crippen molar-refractivity contribution in [1.82, 2.24) is 20.0 Å². The summed E-state index contributed by atoms with van der Waals surface area (Å²) in [6, 6.07) is 0. The van der Waals surface area contributed by atoms with Crippen molar-refractivity contribution < 1.29 is 0 Å². The van der Waals surface area contributed by atoms with Gasteiger partial charge in [0, 0.05) is 45.8 Å². The summed E-state index contributed by atoms with van der Waals surface area (Å²) in [4.78, 5) is 7.60. The number of hydrogen-bond donors (Lipinski definition) is 1. The third-order valence-electron chi connectivity index (χ3n) is 4.65. The normalized spacial score (nSPS) is 27.0. The van der Waals surface area contributed by atoms with Crippen LogP contribution in [-0.2, 0) is 0 Å². The zero-order valence-corrected chi connectivity index (χ0v) is 12.9. The van der Waals surface area contributed by atoms with Crippen molar-refractivity contribution in [3.63, 3.8) is 0 Å². The van der Waals surface area contributed by atoms with Gasteiger partial charge in [0.2, 0.25) is 0 Å². The summed E-state index contributed by atoms with van der Waals surface area (Å²) in [5.41, 5.74) is 0. The molecule has 0 aliphatic carbocycles. The fourth-order valence-electron chi connectivity index (χ4n) is 3.27. The van der Waals surface area contributed by atoms with Gasteiger partial charge in [0.15, 0.2) is 0 Å². The highest BCUT2D eigenvalue weighted by molar-refractivity contribution is 4.73. The second-order valence-corrected chi connectivity index (χ2v) is 6.45. The summed E-state index contributed by atoms with van der Waals surface area (Å²) in [7, 11) is 4.55. The Morgan fingerprint density at radius 2 is 1.95 bits per heavy atom. The molecule has 0 aromatic rings. The van der Waals surface area contributed by atoms with E-state index in [1.165, 1.54) is 65.1 Å². The predicted molar refractivity (Wildman–Crippen MR) is 81.6 cm³/mol. The number of rotatable bonds is 6. The Labute approximate surface area is 119 Å². The van der Waals surface area contributed by atoms with Crippen LogP contribution in [0.2, 0.25) is 0 Å². The van der Waals surface area contributed by atoms with Gasteiger partial charge in [0.1, 0.15) is 0 Å². The largest absolute Gasteiger partial charge is 0.314 e. The summed E-state index contributed by atoms with van der Waals surface area (Å²) in [6.45, 7) is 11.1.